The van der Waals surface area contributed by atoms with Crippen LogP contribution < -0.4 is 16.0 Å². The van der Waals surface area contributed by atoms with Crippen molar-refractivity contribution >= 4 is 86.8 Å². The van der Waals surface area contributed by atoms with Crippen LogP contribution in [-0.4, -0.2) is 36.1 Å². The van der Waals surface area contributed by atoms with Gasteiger partial charge in [-0.15, -0.1) is 23.1 Å². The number of rotatable bonds is 11. The highest BCUT2D eigenvalue weighted by Crippen LogP contribution is 2.40. The highest BCUT2D eigenvalue weighted by molar-refractivity contribution is 8.00. The van der Waals surface area contributed by atoms with Crippen LogP contribution in [0.1, 0.15) is 63.4 Å². The van der Waals surface area contributed by atoms with Crippen molar-refractivity contribution in [1.29, 1.82) is 0 Å². The lowest BCUT2D eigenvalue weighted by atomic mass is 9.88. The van der Waals surface area contributed by atoms with Crippen molar-refractivity contribution in [3.05, 3.63) is 116 Å². The van der Waals surface area contributed by atoms with Gasteiger partial charge in [0, 0.05) is 31.1 Å². The Kier molecular flexibility index (Phi) is 12.2. The van der Waals surface area contributed by atoms with E-state index < -0.39 is 23.0 Å². The molecule has 3 aromatic carbocycles. The van der Waals surface area contributed by atoms with Gasteiger partial charge in [-0.3, -0.25) is 14.4 Å². The van der Waals surface area contributed by atoms with E-state index in [1.165, 1.54) is 36.3 Å². The normalized spacial score (nSPS) is 14.7. The standard InChI is InChI=1S/C37H35Cl2N3O5S2/c1-4-30(35(45)42-36-32(37(46)47-3)27-16-13-21(2)17-31(27)49-36)48-26-12-8-11-25(20-26)40-34(44)29(18-23-14-15-24(38)19-28(23)39)41-33(43)22-9-6-5-7-10-22/h5-12,14-15,18-21,30H,4,13,16-17H2,1-3H3,(H,40,44)(H,41,43)(H,42,45)/b29-18+. The molecule has 254 valence electrons. The van der Waals surface area contributed by atoms with Crippen LogP contribution in [0.5, 0.6) is 0 Å². The van der Waals surface area contributed by atoms with Crippen molar-refractivity contribution in [2.45, 2.75) is 49.7 Å². The van der Waals surface area contributed by atoms with Crippen LogP contribution in [0.4, 0.5) is 10.7 Å². The Hall–Kier alpha value is -4.09. The van der Waals surface area contributed by atoms with Crippen LogP contribution in [0, 0.1) is 5.92 Å². The zero-order valence-corrected chi connectivity index (χ0v) is 30.2. The van der Waals surface area contributed by atoms with Crippen molar-refractivity contribution in [3.63, 3.8) is 0 Å². The zero-order valence-electron chi connectivity index (χ0n) is 27.1. The van der Waals surface area contributed by atoms with Gasteiger partial charge in [-0.05, 0) is 91.3 Å². The van der Waals surface area contributed by atoms with Gasteiger partial charge in [-0.25, -0.2) is 4.79 Å². The molecule has 0 bridgehead atoms. The average Bonchev–Trinajstić information content (AvgIpc) is 3.44. The summed E-state index contributed by atoms with van der Waals surface area (Å²) in [6, 6.07) is 20.5. The first-order valence-corrected chi connectivity index (χ1v) is 18.2. The first-order valence-electron chi connectivity index (χ1n) is 15.7. The monoisotopic (exact) mass is 735 g/mol. The third-order valence-electron chi connectivity index (χ3n) is 7.96. The van der Waals surface area contributed by atoms with Gasteiger partial charge < -0.3 is 20.7 Å². The number of anilines is 2. The Labute approximate surface area is 303 Å². The van der Waals surface area contributed by atoms with Crippen LogP contribution in [0.15, 0.2) is 83.4 Å². The van der Waals surface area contributed by atoms with Gasteiger partial charge in [0.2, 0.25) is 5.91 Å². The predicted molar refractivity (Wildman–Crippen MR) is 199 cm³/mol. The molecule has 1 aliphatic rings. The van der Waals surface area contributed by atoms with E-state index in [4.69, 9.17) is 27.9 Å². The van der Waals surface area contributed by atoms with E-state index >= 15 is 0 Å². The number of methoxy groups -OCH3 is 1. The number of ether oxygens (including phenoxy) is 1. The topological polar surface area (TPSA) is 114 Å². The molecule has 5 rings (SSSR count). The van der Waals surface area contributed by atoms with Crippen LogP contribution in [0.2, 0.25) is 10.0 Å². The molecule has 4 aromatic rings. The molecule has 0 saturated heterocycles. The van der Waals surface area contributed by atoms with E-state index in [9.17, 15) is 19.2 Å². The zero-order chi connectivity index (χ0) is 35.1. The van der Waals surface area contributed by atoms with E-state index in [1.54, 1.807) is 66.7 Å². The summed E-state index contributed by atoms with van der Waals surface area (Å²) in [7, 11) is 1.35. The molecule has 2 unspecified atom stereocenters. The van der Waals surface area contributed by atoms with E-state index in [-0.39, 0.29) is 11.6 Å². The maximum atomic E-state index is 13.6. The van der Waals surface area contributed by atoms with Crippen molar-refractivity contribution < 1.29 is 23.9 Å². The second kappa shape index (κ2) is 16.5. The smallest absolute Gasteiger partial charge is 0.341 e. The van der Waals surface area contributed by atoms with Gasteiger partial charge in [0.1, 0.15) is 10.7 Å². The maximum absolute atomic E-state index is 13.6. The Bertz CT molecular complexity index is 1910. The highest BCUT2D eigenvalue weighted by Gasteiger charge is 2.30. The number of fused-ring (bicyclic) bond motifs is 1. The molecule has 1 aliphatic carbocycles. The van der Waals surface area contributed by atoms with E-state index in [2.05, 4.69) is 22.9 Å². The number of amides is 3. The number of benzene rings is 3. The summed E-state index contributed by atoms with van der Waals surface area (Å²) in [6.07, 6.45) is 4.62. The maximum Gasteiger partial charge on any atom is 0.341 e. The second-order valence-corrected chi connectivity index (χ2v) is 14.8. The quantitative estimate of drug-likeness (QED) is 0.0806. The van der Waals surface area contributed by atoms with Crippen molar-refractivity contribution in [1.82, 2.24) is 5.32 Å². The lowest BCUT2D eigenvalue weighted by Crippen LogP contribution is -2.30. The van der Waals surface area contributed by atoms with Gasteiger partial charge in [0.15, 0.2) is 0 Å². The third-order valence-corrected chi connectivity index (χ3v) is 11.1. The van der Waals surface area contributed by atoms with Crippen molar-refractivity contribution in [3.8, 4) is 0 Å². The van der Waals surface area contributed by atoms with Gasteiger partial charge in [0.25, 0.3) is 11.8 Å². The molecule has 8 nitrogen and oxygen atoms in total. The molecule has 1 aromatic heterocycles. The molecular weight excluding hydrogens is 701 g/mol. The number of hydrogen-bond acceptors (Lipinski definition) is 7. The fourth-order valence-electron chi connectivity index (χ4n) is 5.40. The molecule has 0 saturated carbocycles. The molecule has 0 spiro atoms. The summed E-state index contributed by atoms with van der Waals surface area (Å²) in [4.78, 5) is 54.8. The summed E-state index contributed by atoms with van der Waals surface area (Å²) in [6.45, 7) is 4.10. The first-order chi connectivity index (χ1) is 23.6. The van der Waals surface area contributed by atoms with Gasteiger partial charge in [-0.1, -0.05) is 67.4 Å². The fourth-order valence-corrected chi connectivity index (χ4v) is 8.28. The number of carbonyl (C=O) groups is 4. The summed E-state index contributed by atoms with van der Waals surface area (Å²) in [5, 5.41) is 9.35. The van der Waals surface area contributed by atoms with E-state index in [0.717, 1.165) is 34.6 Å². The van der Waals surface area contributed by atoms with Crippen LogP contribution in [0.25, 0.3) is 6.08 Å². The lowest BCUT2D eigenvalue weighted by molar-refractivity contribution is -0.116. The predicted octanol–water partition coefficient (Wildman–Crippen LogP) is 8.89. The molecule has 3 N–H and O–H groups in total. The van der Waals surface area contributed by atoms with Crippen LogP contribution in [-0.2, 0) is 27.2 Å². The third kappa shape index (κ3) is 9.13. The Balaban J connectivity index is 1.33. The Morgan fingerprint density at radius 2 is 1.80 bits per heavy atom. The molecule has 2 atom stereocenters. The van der Waals surface area contributed by atoms with E-state index in [0.29, 0.717) is 49.8 Å². The minimum absolute atomic E-state index is 0.0311. The minimum atomic E-state index is -0.575. The molecule has 0 fully saturated rings. The average molecular weight is 737 g/mol. The van der Waals surface area contributed by atoms with Crippen molar-refractivity contribution in [2.24, 2.45) is 5.92 Å². The minimum Gasteiger partial charge on any atom is -0.465 e. The second-order valence-electron chi connectivity index (χ2n) is 11.6. The number of hydrogen-bond donors (Lipinski definition) is 3. The summed E-state index contributed by atoms with van der Waals surface area (Å²) in [5.74, 6) is -1.21. The number of nitrogens with one attached hydrogen (secondary N) is 3. The molecule has 12 heteroatoms. The van der Waals surface area contributed by atoms with Crippen LogP contribution >= 0.6 is 46.3 Å². The number of thioether (sulfide) groups is 1. The van der Waals surface area contributed by atoms with Gasteiger partial charge in [-0.2, -0.15) is 0 Å². The summed E-state index contributed by atoms with van der Waals surface area (Å²) < 4.78 is 5.08. The number of thiophene rings is 1. The lowest BCUT2D eigenvalue weighted by Gasteiger charge is -2.18. The van der Waals surface area contributed by atoms with Crippen LogP contribution in [0.3, 0.4) is 0 Å². The number of esters is 1. The molecule has 1 heterocycles. The number of halogens is 2. The van der Waals surface area contributed by atoms with Crippen molar-refractivity contribution in [2.75, 3.05) is 17.7 Å². The highest BCUT2D eigenvalue weighted by atomic mass is 35.5. The molecule has 0 radical (unpaired) electrons. The van der Waals surface area contributed by atoms with E-state index in [1.807, 2.05) is 13.0 Å². The molecule has 3 amide bonds. The largest absolute Gasteiger partial charge is 0.465 e. The summed E-state index contributed by atoms with van der Waals surface area (Å²) in [5.41, 5.74) is 2.72. The summed E-state index contributed by atoms with van der Waals surface area (Å²) >= 11 is 15.2. The van der Waals surface area contributed by atoms with Gasteiger partial charge in [0.05, 0.1) is 17.9 Å². The molecular formula is C37H35Cl2N3O5S2. The molecule has 49 heavy (non-hydrogen) atoms. The first kappa shape index (κ1) is 36.2. The number of carbonyl (C=O) groups excluding carboxylic acids is 4. The SMILES string of the molecule is CCC(Sc1cccc(NC(=O)/C(=C\c2ccc(Cl)cc2Cl)NC(=O)c2ccccc2)c1)C(=O)Nc1sc2c(c1C(=O)OC)CCC(C)C2. The van der Waals surface area contributed by atoms with Gasteiger partial charge >= 0.3 is 5.97 Å². The Morgan fingerprint density at radius 3 is 2.51 bits per heavy atom. The fraction of sp³-hybridized carbons (Fsp3) is 0.243. The Morgan fingerprint density at radius 1 is 1.02 bits per heavy atom. The molecule has 0 aliphatic heterocycles.